The van der Waals surface area contributed by atoms with Crippen molar-refractivity contribution in [3.8, 4) is 0 Å². The van der Waals surface area contributed by atoms with E-state index >= 15 is 0 Å². The summed E-state index contributed by atoms with van der Waals surface area (Å²) >= 11 is 1.69. The van der Waals surface area contributed by atoms with Gasteiger partial charge in [-0.25, -0.2) is 12.7 Å². The lowest BCUT2D eigenvalue weighted by Gasteiger charge is -2.40. The molecule has 7 heteroatoms. The Kier molecular flexibility index (Phi) is 6.34. The van der Waals surface area contributed by atoms with Crippen LogP contribution in [0.3, 0.4) is 0 Å². The summed E-state index contributed by atoms with van der Waals surface area (Å²) in [5, 5.41) is 5.13. The Hall–Kier alpha value is -1.70. The molecule has 146 valence electrons. The predicted molar refractivity (Wildman–Crippen MR) is 109 cm³/mol. The lowest BCUT2D eigenvalue weighted by Crippen LogP contribution is -2.53. The van der Waals surface area contributed by atoms with Gasteiger partial charge in [0.05, 0.1) is 11.2 Å². The number of carbonyl (C=O) groups is 1. The molecule has 1 N–H and O–H groups in total. The summed E-state index contributed by atoms with van der Waals surface area (Å²) in [5.74, 6) is 0.0945. The van der Waals surface area contributed by atoms with Crippen molar-refractivity contribution in [3.05, 3.63) is 58.3 Å². The minimum atomic E-state index is -3.22. The van der Waals surface area contributed by atoms with Gasteiger partial charge >= 0.3 is 0 Å². The molecule has 0 unspecified atom stereocenters. The van der Waals surface area contributed by atoms with Crippen molar-refractivity contribution < 1.29 is 13.2 Å². The van der Waals surface area contributed by atoms with Crippen molar-refractivity contribution >= 4 is 27.3 Å². The van der Waals surface area contributed by atoms with Crippen LogP contribution in [0, 0.1) is 0 Å². The van der Waals surface area contributed by atoms with Crippen molar-refractivity contribution in [2.75, 3.05) is 25.4 Å². The molecule has 3 rings (SSSR count). The van der Waals surface area contributed by atoms with E-state index in [0.29, 0.717) is 32.5 Å². The third kappa shape index (κ3) is 4.42. The molecule has 2 heterocycles. The van der Waals surface area contributed by atoms with Crippen LogP contribution in [0.4, 0.5) is 0 Å². The van der Waals surface area contributed by atoms with Gasteiger partial charge in [-0.1, -0.05) is 36.4 Å². The quantitative estimate of drug-likeness (QED) is 0.769. The molecule has 1 amide bonds. The normalized spacial score (nSPS) is 17.5. The van der Waals surface area contributed by atoms with Crippen LogP contribution in [0.5, 0.6) is 0 Å². The van der Waals surface area contributed by atoms with Gasteiger partial charge in [0.1, 0.15) is 0 Å². The zero-order valence-electron chi connectivity index (χ0n) is 15.6. The molecular weight excluding hydrogens is 380 g/mol. The van der Waals surface area contributed by atoms with E-state index in [2.05, 4.69) is 11.4 Å². The fourth-order valence-corrected chi connectivity index (χ4v) is 5.47. The molecule has 0 radical (unpaired) electrons. The van der Waals surface area contributed by atoms with Crippen LogP contribution in [0.15, 0.2) is 47.8 Å². The molecule has 1 aromatic carbocycles. The fourth-order valence-electron chi connectivity index (χ4n) is 3.66. The van der Waals surface area contributed by atoms with Gasteiger partial charge < -0.3 is 5.32 Å². The highest BCUT2D eigenvalue weighted by Crippen LogP contribution is 2.36. The van der Waals surface area contributed by atoms with E-state index in [0.717, 1.165) is 12.0 Å². The Labute approximate surface area is 165 Å². The van der Waals surface area contributed by atoms with Gasteiger partial charge in [0.15, 0.2) is 0 Å². The van der Waals surface area contributed by atoms with Crippen molar-refractivity contribution in [2.24, 2.45) is 0 Å². The summed E-state index contributed by atoms with van der Waals surface area (Å²) in [5.41, 5.74) is 0.295. The fraction of sp³-hybridized carbons (Fsp3) is 0.450. The Morgan fingerprint density at radius 2 is 1.85 bits per heavy atom. The molecule has 1 aromatic heterocycles. The molecule has 1 saturated heterocycles. The zero-order valence-corrected chi connectivity index (χ0v) is 17.2. The summed E-state index contributed by atoms with van der Waals surface area (Å²) in [7, 11) is -3.22. The average Bonchev–Trinajstić information content (AvgIpc) is 3.22. The van der Waals surface area contributed by atoms with Crippen LogP contribution < -0.4 is 5.32 Å². The first-order chi connectivity index (χ1) is 13.0. The summed E-state index contributed by atoms with van der Waals surface area (Å²) in [6.45, 7) is 3.00. The van der Waals surface area contributed by atoms with Crippen LogP contribution in [-0.2, 0) is 26.7 Å². The maximum atomic E-state index is 13.2. The second kappa shape index (κ2) is 8.54. The topological polar surface area (TPSA) is 66.5 Å². The van der Waals surface area contributed by atoms with Gasteiger partial charge in [0, 0.05) is 24.5 Å². The minimum absolute atomic E-state index is 0.00111. The van der Waals surface area contributed by atoms with Crippen molar-refractivity contribution in [3.63, 3.8) is 0 Å². The molecular formula is C20H26N2O3S2. The number of thiophene rings is 1. The van der Waals surface area contributed by atoms with E-state index < -0.39 is 15.4 Å². The van der Waals surface area contributed by atoms with Crippen molar-refractivity contribution in [1.29, 1.82) is 0 Å². The molecule has 5 nitrogen and oxygen atoms in total. The molecule has 1 fully saturated rings. The number of nitrogens with zero attached hydrogens (tertiary/aromatic N) is 1. The first-order valence-electron chi connectivity index (χ1n) is 9.32. The van der Waals surface area contributed by atoms with E-state index in [1.165, 1.54) is 9.18 Å². The number of benzene rings is 1. The second-order valence-corrected chi connectivity index (χ2v) is 10.1. The first kappa shape index (κ1) is 20.0. The SMILES string of the molecule is CCS(=O)(=O)N1CCC(C(=O)NCCc2cccs2)(c2ccccc2)CC1. The maximum absolute atomic E-state index is 13.2. The van der Waals surface area contributed by atoms with Crippen molar-refractivity contribution in [1.82, 2.24) is 9.62 Å². The van der Waals surface area contributed by atoms with Gasteiger partial charge in [0.2, 0.25) is 15.9 Å². The number of carbonyl (C=O) groups excluding carboxylic acids is 1. The molecule has 0 bridgehead atoms. The Morgan fingerprint density at radius 3 is 2.44 bits per heavy atom. The summed E-state index contributed by atoms with van der Waals surface area (Å²) in [4.78, 5) is 14.4. The van der Waals surface area contributed by atoms with Crippen LogP contribution in [0.25, 0.3) is 0 Å². The first-order valence-corrected chi connectivity index (χ1v) is 11.8. The van der Waals surface area contributed by atoms with Crippen LogP contribution in [-0.4, -0.2) is 44.0 Å². The molecule has 0 saturated carbocycles. The molecule has 1 aliphatic heterocycles. The van der Waals surface area contributed by atoms with Gasteiger partial charge in [-0.3, -0.25) is 4.79 Å². The summed E-state index contributed by atoms with van der Waals surface area (Å²) in [6, 6.07) is 13.8. The molecule has 2 aromatic rings. The van der Waals surface area contributed by atoms with E-state index in [-0.39, 0.29) is 11.7 Å². The molecule has 1 aliphatic rings. The third-order valence-electron chi connectivity index (χ3n) is 5.33. The van der Waals surface area contributed by atoms with E-state index in [1.54, 1.807) is 18.3 Å². The number of amides is 1. The number of rotatable bonds is 7. The average molecular weight is 407 g/mol. The van der Waals surface area contributed by atoms with Crippen LogP contribution in [0.2, 0.25) is 0 Å². The molecule has 27 heavy (non-hydrogen) atoms. The van der Waals surface area contributed by atoms with Crippen LogP contribution >= 0.6 is 11.3 Å². The Bertz CT molecular complexity index is 841. The lowest BCUT2D eigenvalue weighted by molar-refractivity contribution is -0.128. The molecule has 0 spiro atoms. The number of hydrogen-bond acceptors (Lipinski definition) is 4. The lowest BCUT2D eigenvalue weighted by atomic mass is 9.72. The van der Waals surface area contributed by atoms with E-state index in [4.69, 9.17) is 0 Å². The second-order valence-electron chi connectivity index (χ2n) is 6.83. The number of nitrogens with one attached hydrogen (secondary N) is 1. The highest BCUT2D eigenvalue weighted by Gasteiger charge is 2.44. The smallest absolute Gasteiger partial charge is 0.230 e. The van der Waals surface area contributed by atoms with Gasteiger partial charge in [0.25, 0.3) is 0 Å². The Morgan fingerprint density at radius 1 is 1.15 bits per heavy atom. The number of sulfonamides is 1. The Balaban J connectivity index is 1.75. The standard InChI is InChI=1S/C20H26N2O3S2/c1-2-27(24,25)22-14-11-20(12-15-22,17-7-4-3-5-8-17)19(23)21-13-10-18-9-6-16-26-18/h3-9,16H,2,10-15H2,1H3,(H,21,23). The van der Waals surface area contributed by atoms with Crippen LogP contribution in [0.1, 0.15) is 30.2 Å². The highest BCUT2D eigenvalue weighted by molar-refractivity contribution is 7.89. The molecule has 0 atom stereocenters. The summed E-state index contributed by atoms with van der Waals surface area (Å²) in [6.07, 6.45) is 1.81. The monoisotopic (exact) mass is 406 g/mol. The zero-order chi connectivity index (χ0) is 19.3. The number of piperidine rings is 1. The minimum Gasteiger partial charge on any atom is -0.355 e. The third-order valence-corrected chi connectivity index (χ3v) is 8.15. The predicted octanol–water partition coefficient (Wildman–Crippen LogP) is 2.79. The summed E-state index contributed by atoms with van der Waals surface area (Å²) < 4.78 is 25.9. The van der Waals surface area contributed by atoms with Crippen molar-refractivity contribution in [2.45, 2.75) is 31.6 Å². The van der Waals surface area contributed by atoms with E-state index in [1.807, 2.05) is 41.8 Å². The number of hydrogen-bond donors (Lipinski definition) is 1. The van der Waals surface area contributed by atoms with E-state index in [9.17, 15) is 13.2 Å². The largest absolute Gasteiger partial charge is 0.355 e. The van der Waals surface area contributed by atoms with Gasteiger partial charge in [-0.15, -0.1) is 11.3 Å². The maximum Gasteiger partial charge on any atom is 0.230 e. The molecule has 0 aliphatic carbocycles. The van der Waals surface area contributed by atoms with Gasteiger partial charge in [-0.2, -0.15) is 0 Å². The highest BCUT2D eigenvalue weighted by atomic mass is 32.2. The van der Waals surface area contributed by atoms with Gasteiger partial charge in [-0.05, 0) is 43.2 Å².